The number of ether oxygens (including phenoxy) is 1. The molecule has 98 valence electrons. The molecular weight excluding hydrogens is 241 g/mol. The Labute approximate surface area is 104 Å². The van der Waals surface area contributed by atoms with Crippen LogP contribution in [0, 0.1) is 12.7 Å². The van der Waals surface area contributed by atoms with Crippen LogP contribution in [0.25, 0.3) is 0 Å². The quantitative estimate of drug-likeness (QED) is 0.763. The summed E-state index contributed by atoms with van der Waals surface area (Å²) in [5.41, 5.74) is 0.599. The van der Waals surface area contributed by atoms with Crippen LogP contribution in [-0.4, -0.2) is 36.7 Å². The SMILES string of the molecule is COC(=O)C(O)CNC(=O)c1cc(C)ccc1F. The van der Waals surface area contributed by atoms with Gasteiger partial charge in [0.25, 0.3) is 5.91 Å². The van der Waals surface area contributed by atoms with E-state index < -0.39 is 23.8 Å². The maximum absolute atomic E-state index is 13.4. The molecule has 6 heteroatoms. The maximum atomic E-state index is 13.4. The van der Waals surface area contributed by atoms with Gasteiger partial charge in [-0.3, -0.25) is 4.79 Å². The summed E-state index contributed by atoms with van der Waals surface area (Å²) in [6.07, 6.45) is -1.47. The van der Waals surface area contributed by atoms with Gasteiger partial charge in [-0.2, -0.15) is 0 Å². The fraction of sp³-hybridized carbons (Fsp3) is 0.333. The van der Waals surface area contributed by atoms with Crippen LogP contribution in [0.2, 0.25) is 0 Å². The Kier molecular flexibility index (Phi) is 4.79. The minimum absolute atomic E-state index is 0.132. The van der Waals surface area contributed by atoms with Gasteiger partial charge in [0.15, 0.2) is 6.10 Å². The molecule has 0 saturated carbocycles. The molecule has 0 radical (unpaired) electrons. The van der Waals surface area contributed by atoms with Crippen LogP contribution in [0.15, 0.2) is 18.2 Å². The van der Waals surface area contributed by atoms with Gasteiger partial charge in [0.05, 0.1) is 19.2 Å². The molecule has 0 bridgehead atoms. The number of rotatable bonds is 4. The molecule has 1 aromatic carbocycles. The average Bonchev–Trinajstić information content (AvgIpc) is 2.37. The van der Waals surface area contributed by atoms with Crippen LogP contribution in [-0.2, 0) is 9.53 Å². The number of hydrogen-bond donors (Lipinski definition) is 2. The van der Waals surface area contributed by atoms with Crippen molar-refractivity contribution >= 4 is 11.9 Å². The number of benzene rings is 1. The fourth-order valence-corrected chi connectivity index (χ4v) is 1.32. The summed E-state index contributed by atoms with van der Waals surface area (Å²) in [5.74, 6) is -2.22. The molecule has 5 nitrogen and oxygen atoms in total. The monoisotopic (exact) mass is 255 g/mol. The summed E-state index contributed by atoms with van der Waals surface area (Å²) in [4.78, 5) is 22.5. The molecule has 0 saturated heterocycles. The van der Waals surface area contributed by atoms with Gasteiger partial charge in [0.2, 0.25) is 0 Å². The molecule has 0 aromatic heterocycles. The van der Waals surface area contributed by atoms with Crippen LogP contribution in [0.4, 0.5) is 4.39 Å². The van der Waals surface area contributed by atoms with E-state index in [-0.39, 0.29) is 12.1 Å². The molecule has 0 fully saturated rings. The van der Waals surface area contributed by atoms with Crippen LogP contribution in [0.5, 0.6) is 0 Å². The average molecular weight is 255 g/mol. The molecule has 1 atom stereocenters. The number of amides is 1. The van der Waals surface area contributed by atoms with Gasteiger partial charge >= 0.3 is 5.97 Å². The standard InChI is InChI=1S/C12H14FNO4/c1-7-3-4-9(13)8(5-7)11(16)14-6-10(15)12(17)18-2/h3-5,10,15H,6H2,1-2H3,(H,14,16). The summed E-state index contributed by atoms with van der Waals surface area (Å²) in [6.45, 7) is 1.39. The van der Waals surface area contributed by atoms with Crippen molar-refractivity contribution in [2.24, 2.45) is 0 Å². The highest BCUT2D eigenvalue weighted by molar-refractivity contribution is 5.95. The molecule has 0 aliphatic rings. The van der Waals surface area contributed by atoms with E-state index in [0.717, 1.165) is 12.7 Å². The predicted octanol–water partition coefficient (Wildman–Crippen LogP) is 0.398. The van der Waals surface area contributed by atoms with E-state index in [9.17, 15) is 19.1 Å². The van der Waals surface area contributed by atoms with Crippen LogP contribution < -0.4 is 5.32 Å². The molecule has 0 heterocycles. The molecule has 0 aliphatic carbocycles. The molecule has 1 aromatic rings. The maximum Gasteiger partial charge on any atom is 0.336 e. The van der Waals surface area contributed by atoms with E-state index in [4.69, 9.17) is 0 Å². The summed E-state index contributed by atoms with van der Waals surface area (Å²) >= 11 is 0. The van der Waals surface area contributed by atoms with E-state index in [0.29, 0.717) is 0 Å². The van der Waals surface area contributed by atoms with Crippen LogP contribution in [0.1, 0.15) is 15.9 Å². The zero-order valence-electron chi connectivity index (χ0n) is 10.1. The van der Waals surface area contributed by atoms with Crippen molar-refractivity contribution in [3.8, 4) is 0 Å². The van der Waals surface area contributed by atoms with E-state index in [2.05, 4.69) is 10.1 Å². The van der Waals surface area contributed by atoms with Crippen molar-refractivity contribution in [2.45, 2.75) is 13.0 Å². The summed E-state index contributed by atoms with van der Waals surface area (Å²) in [5, 5.41) is 11.5. The number of esters is 1. The number of aliphatic hydroxyl groups is 1. The number of nitrogens with one attached hydrogen (secondary N) is 1. The van der Waals surface area contributed by atoms with Gasteiger partial charge in [-0.15, -0.1) is 0 Å². The van der Waals surface area contributed by atoms with Crippen molar-refractivity contribution in [1.29, 1.82) is 0 Å². The third-order valence-electron chi connectivity index (χ3n) is 2.30. The second-order valence-electron chi connectivity index (χ2n) is 3.73. The first kappa shape index (κ1) is 14.1. The molecular formula is C12H14FNO4. The Morgan fingerprint density at radius 3 is 2.78 bits per heavy atom. The number of aryl methyl sites for hydroxylation is 1. The zero-order chi connectivity index (χ0) is 13.7. The molecule has 0 aliphatic heterocycles. The first-order chi connectivity index (χ1) is 8.45. The van der Waals surface area contributed by atoms with Gasteiger partial charge in [0.1, 0.15) is 5.82 Å². The van der Waals surface area contributed by atoms with Crippen molar-refractivity contribution in [1.82, 2.24) is 5.32 Å². The molecule has 1 unspecified atom stereocenters. The van der Waals surface area contributed by atoms with Gasteiger partial charge in [-0.05, 0) is 19.1 Å². The third-order valence-corrected chi connectivity index (χ3v) is 2.30. The lowest BCUT2D eigenvalue weighted by Gasteiger charge is -2.10. The lowest BCUT2D eigenvalue weighted by molar-refractivity contribution is -0.149. The first-order valence-corrected chi connectivity index (χ1v) is 5.26. The summed E-state index contributed by atoms with van der Waals surface area (Å²) < 4.78 is 17.6. The van der Waals surface area contributed by atoms with Gasteiger partial charge in [-0.1, -0.05) is 11.6 Å². The highest BCUT2D eigenvalue weighted by Gasteiger charge is 2.18. The Morgan fingerprint density at radius 1 is 1.50 bits per heavy atom. The topological polar surface area (TPSA) is 75.6 Å². The zero-order valence-corrected chi connectivity index (χ0v) is 10.1. The van der Waals surface area contributed by atoms with Crippen LogP contribution in [0.3, 0.4) is 0 Å². The minimum Gasteiger partial charge on any atom is -0.467 e. The third kappa shape index (κ3) is 3.53. The normalized spacial score (nSPS) is 11.8. The second-order valence-corrected chi connectivity index (χ2v) is 3.73. The van der Waals surface area contributed by atoms with Gasteiger partial charge in [-0.25, -0.2) is 9.18 Å². The second kappa shape index (κ2) is 6.11. The molecule has 18 heavy (non-hydrogen) atoms. The van der Waals surface area contributed by atoms with E-state index in [1.165, 1.54) is 18.2 Å². The largest absolute Gasteiger partial charge is 0.467 e. The number of carbonyl (C=O) groups excluding carboxylic acids is 2. The van der Waals surface area contributed by atoms with Crippen LogP contribution >= 0.6 is 0 Å². The number of methoxy groups -OCH3 is 1. The first-order valence-electron chi connectivity index (χ1n) is 5.26. The molecule has 2 N–H and O–H groups in total. The Bertz CT molecular complexity index is 461. The predicted molar refractivity (Wildman–Crippen MR) is 61.5 cm³/mol. The van der Waals surface area contributed by atoms with Gasteiger partial charge < -0.3 is 15.2 Å². The van der Waals surface area contributed by atoms with E-state index >= 15 is 0 Å². The lowest BCUT2D eigenvalue weighted by atomic mass is 10.1. The Morgan fingerprint density at radius 2 is 2.17 bits per heavy atom. The summed E-state index contributed by atoms with van der Waals surface area (Å²) in [7, 11) is 1.12. The molecule has 0 spiro atoms. The number of halogens is 1. The number of aliphatic hydroxyl groups excluding tert-OH is 1. The van der Waals surface area contributed by atoms with Gasteiger partial charge in [0, 0.05) is 0 Å². The highest BCUT2D eigenvalue weighted by atomic mass is 19.1. The summed E-state index contributed by atoms with van der Waals surface area (Å²) in [6, 6.07) is 4.10. The van der Waals surface area contributed by atoms with Crippen molar-refractivity contribution < 1.29 is 23.8 Å². The smallest absolute Gasteiger partial charge is 0.336 e. The number of hydrogen-bond acceptors (Lipinski definition) is 4. The fourth-order valence-electron chi connectivity index (χ4n) is 1.32. The Hall–Kier alpha value is -1.95. The Balaban J connectivity index is 2.66. The van der Waals surface area contributed by atoms with Crippen molar-refractivity contribution in [2.75, 3.05) is 13.7 Å². The highest BCUT2D eigenvalue weighted by Crippen LogP contribution is 2.09. The molecule has 1 amide bonds. The van der Waals surface area contributed by atoms with E-state index in [1.807, 2.05) is 0 Å². The minimum atomic E-state index is -1.47. The lowest BCUT2D eigenvalue weighted by Crippen LogP contribution is -2.37. The van der Waals surface area contributed by atoms with Crippen molar-refractivity contribution in [3.63, 3.8) is 0 Å². The molecule has 1 rings (SSSR count). The van der Waals surface area contributed by atoms with Crippen molar-refractivity contribution in [3.05, 3.63) is 35.1 Å². The van der Waals surface area contributed by atoms with E-state index in [1.54, 1.807) is 6.92 Å². The number of carbonyl (C=O) groups is 2.